The lowest BCUT2D eigenvalue weighted by Gasteiger charge is -2.31. The zero-order valence-electron chi connectivity index (χ0n) is 17.6. The molecule has 3 aromatic rings. The van der Waals surface area contributed by atoms with Gasteiger partial charge in [-0.25, -0.2) is 9.97 Å². The van der Waals surface area contributed by atoms with Gasteiger partial charge in [0, 0.05) is 28.1 Å². The minimum absolute atomic E-state index is 0.157. The third kappa shape index (κ3) is 3.48. The lowest BCUT2D eigenvalue weighted by Crippen LogP contribution is -2.32. The van der Waals surface area contributed by atoms with E-state index in [0.29, 0.717) is 12.6 Å². The van der Waals surface area contributed by atoms with E-state index < -0.39 is 0 Å². The highest BCUT2D eigenvalue weighted by Gasteiger charge is 2.31. The van der Waals surface area contributed by atoms with Gasteiger partial charge in [-0.2, -0.15) is 0 Å². The van der Waals surface area contributed by atoms with Crippen LogP contribution in [0.25, 0.3) is 20.3 Å². The number of nitrogens with one attached hydrogen (secondary N) is 1. The Hall–Kier alpha value is -1.79. The molecule has 6 heteroatoms. The summed E-state index contributed by atoms with van der Waals surface area (Å²) in [7, 11) is 0. The van der Waals surface area contributed by atoms with Crippen LogP contribution in [-0.2, 0) is 24.2 Å². The predicted molar refractivity (Wildman–Crippen MR) is 117 cm³/mol. The minimum Gasteiger partial charge on any atom is -0.370 e. The highest BCUT2D eigenvalue weighted by Crippen LogP contribution is 2.43. The van der Waals surface area contributed by atoms with Crippen molar-refractivity contribution in [3.63, 3.8) is 0 Å². The van der Waals surface area contributed by atoms with E-state index in [1.165, 1.54) is 27.0 Å². The van der Waals surface area contributed by atoms with Gasteiger partial charge in [0.15, 0.2) is 0 Å². The fourth-order valence-corrected chi connectivity index (χ4v) is 5.04. The van der Waals surface area contributed by atoms with Crippen LogP contribution >= 0.6 is 11.3 Å². The van der Waals surface area contributed by atoms with Crippen molar-refractivity contribution in [3.05, 3.63) is 23.3 Å². The van der Waals surface area contributed by atoms with Gasteiger partial charge in [0.2, 0.25) is 0 Å². The number of anilines is 1. The molecule has 28 heavy (non-hydrogen) atoms. The lowest BCUT2D eigenvalue weighted by atomic mass is 9.94. The molecule has 0 aromatic carbocycles. The number of fused-ring (bicyclic) bond motifs is 5. The molecule has 150 valence electrons. The molecule has 0 fully saturated rings. The molecule has 3 aromatic heterocycles. The summed E-state index contributed by atoms with van der Waals surface area (Å²) in [5, 5.41) is 5.96. The molecular weight excluding hydrogens is 368 g/mol. The summed E-state index contributed by atoms with van der Waals surface area (Å²) in [6, 6.07) is 0.363. The first kappa shape index (κ1) is 19.5. The van der Waals surface area contributed by atoms with E-state index in [0.717, 1.165) is 48.1 Å². The maximum atomic E-state index is 6.14. The van der Waals surface area contributed by atoms with Gasteiger partial charge in [-0.3, -0.25) is 4.98 Å². The van der Waals surface area contributed by atoms with Crippen LogP contribution in [-0.4, -0.2) is 26.6 Å². The van der Waals surface area contributed by atoms with E-state index in [2.05, 4.69) is 49.9 Å². The molecule has 0 bridgehead atoms. The summed E-state index contributed by atoms with van der Waals surface area (Å²) < 4.78 is 7.43. The molecular formula is C22H30N4OS. The van der Waals surface area contributed by atoms with Gasteiger partial charge in [-0.1, -0.05) is 20.3 Å². The van der Waals surface area contributed by atoms with Crippen molar-refractivity contribution >= 4 is 37.5 Å². The zero-order chi connectivity index (χ0) is 19.9. The topological polar surface area (TPSA) is 59.9 Å². The van der Waals surface area contributed by atoms with Crippen molar-refractivity contribution in [2.45, 2.75) is 85.0 Å². The first-order chi connectivity index (χ1) is 13.4. The van der Waals surface area contributed by atoms with Crippen LogP contribution in [0.2, 0.25) is 0 Å². The summed E-state index contributed by atoms with van der Waals surface area (Å²) in [6.45, 7) is 11.5. The number of rotatable bonds is 6. The number of aryl methyl sites for hydroxylation is 1. The van der Waals surface area contributed by atoms with Crippen LogP contribution in [0.4, 0.5) is 5.82 Å². The fraction of sp³-hybridized carbons (Fsp3) is 0.591. The minimum atomic E-state index is -0.157. The van der Waals surface area contributed by atoms with Crippen molar-refractivity contribution in [3.8, 4) is 0 Å². The number of thiophene rings is 1. The Morgan fingerprint density at radius 1 is 1.25 bits per heavy atom. The van der Waals surface area contributed by atoms with Crippen LogP contribution in [0.3, 0.4) is 0 Å². The Labute approximate surface area is 170 Å². The third-order valence-electron chi connectivity index (χ3n) is 5.63. The van der Waals surface area contributed by atoms with Crippen LogP contribution in [0.15, 0.2) is 6.33 Å². The van der Waals surface area contributed by atoms with Crippen molar-refractivity contribution < 1.29 is 4.74 Å². The number of pyridine rings is 1. The zero-order valence-corrected chi connectivity index (χ0v) is 18.4. The van der Waals surface area contributed by atoms with Gasteiger partial charge < -0.3 is 10.1 Å². The van der Waals surface area contributed by atoms with Gasteiger partial charge in [0.25, 0.3) is 0 Å². The first-order valence-corrected chi connectivity index (χ1v) is 11.2. The molecule has 1 aliphatic heterocycles. The molecule has 0 spiro atoms. The Bertz CT molecular complexity index is 1010. The second-order valence-electron chi connectivity index (χ2n) is 8.47. The molecule has 1 aliphatic rings. The Morgan fingerprint density at radius 2 is 2.07 bits per heavy atom. The highest BCUT2D eigenvalue weighted by atomic mass is 32.1. The average molecular weight is 399 g/mol. The average Bonchev–Trinajstić information content (AvgIpc) is 3.05. The summed E-state index contributed by atoms with van der Waals surface area (Å²) in [5.74, 6) is 0.933. The van der Waals surface area contributed by atoms with Crippen LogP contribution < -0.4 is 5.32 Å². The summed E-state index contributed by atoms with van der Waals surface area (Å²) >= 11 is 1.76. The quantitative estimate of drug-likeness (QED) is 0.582. The van der Waals surface area contributed by atoms with E-state index in [4.69, 9.17) is 9.72 Å². The van der Waals surface area contributed by atoms with Crippen LogP contribution in [0.1, 0.15) is 70.8 Å². The summed E-state index contributed by atoms with van der Waals surface area (Å²) in [4.78, 5) is 15.4. The third-order valence-corrected chi connectivity index (χ3v) is 6.79. The van der Waals surface area contributed by atoms with Gasteiger partial charge in [0.05, 0.1) is 29.0 Å². The molecule has 0 saturated heterocycles. The molecule has 0 unspecified atom stereocenters. The number of aromatic nitrogens is 3. The monoisotopic (exact) mass is 398 g/mol. The number of ether oxygens (including phenoxy) is 1. The normalized spacial score (nSPS) is 17.0. The maximum Gasteiger partial charge on any atom is 0.139 e. The Morgan fingerprint density at radius 3 is 2.82 bits per heavy atom. The number of nitrogens with zero attached hydrogens (tertiary/aromatic N) is 3. The number of hydrogen-bond donors (Lipinski definition) is 1. The van der Waals surface area contributed by atoms with E-state index in [1.54, 1.807) is 17.7 Å². The molecule has 0 saturated carbocycles. The van der Waals surface area contributed by atoms with Crippen molar-refractivity contribution in [2.24, 2.45) is 0 Å². The van der Waals surface area contributed by atoms with E-state index >= 15 is 0 Å². The molecule has 4 heterocycles. The second kappa shape index (κ2) is 7.56. The van der Waals surface area contributed by atoms with Gasteiger partial charge in [-0.05, 0) is 40.0 Å². The fourth-order valence-electron chi connectivity index (χ4n) is 3.83. The van der Waals surface area contributed by atoms with E-state index in [1.807, 2.05) is 0 Å². The predicted octanol–water partition coefficient (Wildman–Crippen LogP) is 5.64. The largest absolute Gasteiger partial charge is 0.370 e. The van der Waals surface area contributed by atoms with Gasteiger partial charge in [0.1, 0.15) is 17.0 Å². The molecule has 0 radical (unpaired) electrons. The molecule has 4 rings (SSSR count). The Kier molecular flexibility index (Phi) is 5.27. The molecule has 0 amide bonds. The Balaban J connectivity index is 1.98. The maximum absolute atomic E-state index is 6.14. The van der Waals surface area contributed by atoms with Crippen molar-refractivity contribution in [1.82, 2.24) is 15.0 Å². The van der Waals surface area contributed by atoms with Crippen molar-refractivity contribution in [2.75, 3.05) is 5.32 Å². The lowest BCUT2D eigenvalue weighted by molar-refractivity contribution is -0.0405. The molecule has 0 aliphatic carbocycles. The van der Waals surface area contributed by atoms with Gasteiger partial charge in [-0.15, -0.1) is 11.3 Å². The summed E-state index contributed by atoms with van der Waals surface area (Å²) in [5.41, 5.74) is 3.48. The number of unbranched alkanes of at least 4 members (excludes halogenated alkanes) is 1. The van der Waals surface area contributed by atoms with Crippen LogP contribution in [0.5, 0.6) is 0 Å². The number of hydrogen-bond acceptors (Lipinski definition) is 6. The molecule has 5 nitrogen and oxygen atoms in total. The molecule has 1 atom stereocenters. The summed E-state index contributed by atoms with van der Waals surface area (Å²) in [6.07, 6.45) is 6.87. The SMILES string of the molecule is CCCCc1nc2c(c3sc4ncnc(N[C@@H](C)CC)c4c13)COC(C)(C)C2. The second-order valence-corrected chi connectivity index (χ2v) is 9.47. The smallest absolute Gasteiger partial charge is 0.139 e. The van der Waals surface area contributed by atoms with E-state index in [-0.39, 0.29) is 5.60 Å². The van der Waals surface area contributed by atoms with Gasteiger partial charge >= 0.3 is 0 Å². The van der Waals surface area contributed by atoms with Crippen molar-refractivity contribution in [1.29, 1.82) is 0 Å². The highest BCUT2D eigenvalue weighted by molar-refractivity contribution is 7.25. The van der Waals surface area contributed by atoms with E-state index in [9.17, 15) is 0 Å². The first-order valence-electron chi connectivity index (χ1n) is 10.4. The van der Waals surface area contributed by atoms with Crippen LogP contribution in [0, 0.1) is 0 Å². The molecule has 1 N–H and O–H groups in total. The standard InChI is InChI=1S/C22H30N4OS/c1-6-8-9-15-17-18-20(25-13(3)7-2)23-12-24-21(18)28-19(17)14-11-27-22(4,5)10-16(14)26-15/h12-13H,6-11H2,1-5H3,(H,23,24,25)/t13-/m0/s1.